The Labute approximate surface area is 144 Å². The van der Waals surface area contributed by atoms with Crippen LogP contribution in [-0.2, 0) is 10.0 Å². The van der Waals surface area contributed by atoms with Crippen molar-refractivity contribution in [3.05, 3.63) is 53.9 Å². The number of H-pyrrole nitrogens is 1. The Balaban J connectivity index is 1.76. The molecule has 1 aromatic carbocycles. The quantitative estimate of drug-likeness (QED) is 0.897. The summed E-state index contributed by atoms with van der Waals surface area (Å²) in [6, 6.07) is 4.17. The number of rotatable bonds is 3. The predicted molar refractivity (Wildman–Crippen MR) is 86.4 cm³/mol. The second-order valence-corrected chi connectivity index (χ2v) is 7.66. The Kier molecular flexibility index (Phi) is 4.87. The lowest BCUT2D eigenvalue weighted by atomic mass is 10.3. The first-order chi connectivity index (χ1) is 11.9. The fraction of sp³-hybridized carbons (Fsp3) is 0.312. The van der Waals surface area contributed by atoms with Gasteiger partial charge >= 0.3 is 0 Å². The molecule has 0 atom stereocenters. The van der Waals surface area contributed by atoms with Gasteiger partial charge < -0.3 is 9.88 Å². The monoisotopic (exact) mass is 369 g/mol. The van der Waals surface area contributed by atoms with E-state index in [1.54, 1.807) is 23.4 Å². The van der Waals surface area contributed by atoms with Crippen LogP contribution in [0.3, 0.4) is 0 Å². The number of hydrogen-bond donors (Lipinski definition) is 1. The molecule has 2 aromatic rings. The maximum Gasteiger partial charge on any atom is 0.255 e. The van der Waals surface area contributed by atoms with Gasteiger partial charge in [-0.05, 0) is 30.7 Å². The van der Waals surface area contributed by atoms with E-state index in [0.717, 1.165) is 12.1 Å². The van der Waals surface area contributed by atoms with Crippen LogP contribution in [0, 0.1) is 11.6 Å². The molecule has 1 amide bonds. The molecular formula is C16H17F2N3O3S. The third-order valence-electron chi connectivity index (χ3n) is 4.12. The molecule has 0 aliphatic carbocycles. The summed E-state index contributed by atoms with van der Waals surface area (Å²) in [5.74, 6) is -2.48. The summed E-state index contributed by atoms with van der Waals surface area (Å²) in [7, 11) is -3.95. The van der Waals surface area contributed by atoms with E-state index >= 15 is 0 Å². The molecule has 0 radical (unpaired) electrons. The maximum absolute atomic E-state index is 13.4. The van der Waals surface area contributed by atoms with Crippen LogP contribution in [0.5, 0.6) is 0 Å². The van der Waals surface area contributed by atoms with Crippen LogP contribution < -0.4 is 0 Å². The molecule has 0 saturated carbocycles. The van der Waals surface area contributed by atoms with Crippen LogP contribution in [-0.4, -0.2) is 54.7 Å². The molecule has 1 fully saturated rings. The van der Waals surface area contributed by atoms with Crippen molar-refractivity contribution < 1.29 is 22.0 Å². The standard InChI is InChI=1S/C16H17F2N3O3S/c17-14-3-2-13(10-15(14)18)25(23,24)21-7-1-6-20(8-9-21)16(22)12-4-5-19-11-12/h2-5,10-11,19H,1,6-9H2. The van der Waals surface area contributed by atoms with Crippen molar-refractivity contribution in [2.75, 3.05) is 26.2 Å². The number of nitrogens with one attached hydrogen (secondary N) is 1. The van der Waals surface area contributed by atoms with Crippen molar-refractivity contribution >= 4 is 15.9 Å². The topological polar surface area (TPSA) is 73.5 Å². The molecule has 1 aromatic heterocycles. The van der Waals surface area contributed by atoms with Gasteiger partial charge in [-0.1, -0.05) is 0 Å². The number of aromatic amines is 1. The van der Waals surface area contributed by atoms with E-state index in [1.807, 2.05) is 0 Å². The van der Waals surface area contributed by atoms with E-state index in [9.17, 15) is 22.0 Å². The van der Waals surface area contributed by atoms with Crippen molar-refractivity contribution in [2.24, 2.45) is 0 Å². The van der Waals surface area contributed by atoms with Crippen LogP contribution in [0.15, 0.2) is 41.6 Å². The van der Waals surface area contributed by atoms with E-state index in [4.69, 9.17) is 0 Å². The molecule has 0 spiro atoms. The molecule has 2 heterocycles. The van der Waals surface area contributed by atoms with Gasteiger partial charge in [-0.2, -0.15) is 4.31 Å². The highest BCUT2D eigenvalue weighted by Gasteiger charge is 2.29. The molecule has 1 aliphatic heterocycles. The van der Waals surface area contributed by atoms with Gasteiger partial charge in [0.25, 0.3) is 5.91 Å². The molecule has 0 bridgehead atoms. The number of aromatic nitrogens is 1. The maximum atomic E-state index is 13.4. The molecule has 1 N–H and O–H groups in total. The first kappa shape index (κ1) is 17.6. The lowest BCUT2D eigenvalue weighted by Crippen LogP contribution is -2.37. The van der Waals surface area contributed by atoms with Crippen LogP contribution in [0.4, 0.5) is 8.78 Å². The van der Waals surface area contributed by atoms with E-state index < -0.39 is 21.7 Å². The second kappa shape index (κ2) is 6.93. The zero-order valence-electron chi connectivity index (χ0n) is 13.3. The molecule has 134 valence electrons. The van der Waals surface area contributed by atoms with Crippen molar-refractivity contribution in [1.82, 2.24) is 14.2 Å². The zero-order chi connectivity index (χ0) is 18.0. The van der Waals surface area contributed by atoms with Crippen molar-refractivity contribution in [3.63, 3.8) is 0 Å². The van der Waals surface area contributed by atoms with E-state index in [-0.39, 0.29) is 30.4 Å². The number of halogens is 2. The lowest BCUT2D eigenvalue weighted by Gasteiger charge is -2.21. The average molecular weight is 369 g/mol. The van der Waals surface area contributed by atoms with Crippen molar-refractivity contribution in [1.29, 1.82) is 0 Å². The molecule has 25 heavy (non-hydrogen) atoms. The molecule has 1 aliphatic rings. The van der Waals surface area contributed by atoms with Crippen LogP contribution in [0.2, 0.25) is 0 Å². The van der Waals surface area contributed by atoms with Crippen LogP contribution in [0.25, 0.3) is 0 Å². The Morgan fingerprint density at radius 1 is 1.04 bits per heavy atom. The van der Waals surface area contributed by atoms with Gasteiger partial charge in [0.05, 0.1) is 10.5 Å². The number of hydrogen-bond acceptors (Lipinski definition) is 3. The van der Waals surface area contributed by atoms with E-state index in [0.29, 0.717) is 24.6 Å². The third kappa shape index (κ3) is 3.57. The fourth-order valence-electron chi connectivity index (χ4n) is 2.76. The van der Waals surface area contributed by atoms with Gasteiger partial charge in [0.2, 0.25) is 10.0 Å². The molecular weight excluding hydrogens is 352 g/mol. The van der Waals surface area contributed by atoms with Gasteiger partial charge in [0.1, 0.15) is 0 Å². The summed E-state index contributed by atoms with van der Waals surface area (Å²) in [5, 5.41) is 0. The smallest absolute Gasteiger partial charge is 0.255 e. The summed E-state index contributed by atoms with van der Waals surface area (Å²) < 4.78 is 52.9. The van der Waals surface area contributed by atoms with E-state index in [2.05, 4.69) is 4.98 Å². The van der Waals surface area contributed by atoms with Gasteiger partial charge in [-0.25, -0.2) is 17.2 Å². The van der Waals surface area contributed by atoms with Crippen molar-refractivity contribution in [3.8, 4) is 0 Å². The number of benzene rings is 1. The summed E-state index contributed by atoms with van der Waals surface area (Å²) in [6.07, 6.45) is 3.69. The lowest BCUT2D eigenvalue weighted by molar-refractivity contribution is 0.0764. The number of sulfonamides is 1. The first-order valence-electron chi connectivity index (χ1n) is 7.77. The average Bonchev–Trinajstić information content (AvgIpc) is 3.00. The van der Waals surface area contributed by atoms with Gasteiger partial charge in [-0.15, -0.1) is 0 Å². The highest BCUT2D eigenvalue weighted by Crippen LogP contribution is 2.20. The van der Waals surface area contributed by atoms with Crippen LogP contribution in [0.1, 0.15) is 16.8 Å². The van der Waals surface area contributed by atoms with Crippen LogP contribution >= 0.6 is 0 Å². The Morgan fingerprint density at radius 2 is 1.84 bits per heavy atom. The minimum absolute atomic E-state index is 0.0947. The molecule has 9 heteroatoms. The van der Waals surface area contributed by atoms with Gasteiger partial charge in [0, 0.05) is 38.6 Å². The fourth-order valence-corrected chi connectivity index (χ4v) is 4.25. The summed E-state index contributed by atoms with van der Waals surface area (Å²) in [6.45, 7) is 0.955. The molecule has 6 nitrogen and oxygen atoms in total. The number of amides is 1. The zero-order valence-corrected chi connectivity index (χ0v) is 14.1. The molecule has 1 saturated heterocycles. The van der Waals surface area contributed by atoms with E-state index in [1.165, 1.54) is 4.31 Å². The number of carbonyl (C=O) groups excluding carboxylic acids is 1. The van der Waals surface area contributed by atoms with Gasteiger partial charge in [0.15, 0.2) is 11.6 Å². The Hall–Kier alpha value is -2.26. The highest BCUT2D eigenvalue weighted by molar-refractivity contribution is 7.89. The Bertz CT molecular complexity index is 869. The molecule has 0 unspecified atom stereocenters. The highest BCUT2D eigenvalue weighted by atomic mass is 32.2. The Morgan fingerprint density at radius 3 is 2.52 bits per heavy atom. The largest absolute Gasteiger partial charge is 0.367 e. The predicted octanol–water partition coefficient (Wildman–Crippen LogP) is 1.83. The van der Waals surface area contributed by atoms with Crippen molar-refractivity contribution in [2.45, 2.75) is 11.3 Å². The third-order valence-corrected chi connectivity index (χ3v) is 6.01. The minimum Gasteiger partial charge on any atom is -0.367 e. The summed E-state index contributed by atoms with van der Waals surface area (Å²) in [4.78, 5) is 16.5. The summed E-state index contributed by atoms with van der Waals surface area (Å²) >= 11 is 0. The molecule has 3 rings (SSSR count). The SMILES string of the molecule is O=C(c1cc[nH]c1)N1CCCN(S(=O)(=O)c2ccc(F)c(F)c2)CC1. The first-order valence-corrected chi connectivity index (χ1v) is 9.21. The number of nitrogens with zero attached hydrogens (tertiary/aromatic N) is 2. The minimum atomic E-state index is -3.95. The van der Waals surface area contributed by atoms with Gasteiger partial charge in [-0.3, -0.25) is 4.79 Å². The second-order valence-electron chi connectivity index (χ2n) is 5.73. The normalized spacial score (nSPS) is 16.6. The number of carbonyl (C=O) groups is 1. The summed E-state index contributed by atoms with van der Waals surface area (Å²) in [5.41, 5.74) is 0.511.